The molecule has 3 rings (SSSR count). The second kappa shape index (κ2) is 5.12. The summed E-state index contributed by atoms with van der Waals surface area (Å²) in [6, 6.07) is 1.78. The molecule has 1 amide bonds. The lowest BCUT2D eigenvalue weighted by atomic mass is 9.98. The number of amides is 1. The van der Waals surface area contributed by atoms with E-state index in [2.05, 4.69) is 15.1 Å². The molecule has 1 N–H and O–H groups in total. The molecule has 8 nitrogen and oxygen atoms in total. The van der Waals surface area contributed by atoms with Gasteiger partial charge >= 0.3 is 5.97 Å². The van der Waals surface area contributed by atoms with E-state index in [0.717, 1.165) is 5.69 Å². The Bertz CT molecular complexity index is 711. The summed E-state index contributed by atoms with van der Waals surface area (Å²) in [5.41, 5.74) is 0.827. The van der Waals surface area contributed by atoms with Crippen LogP contribution < -0.4 is 0 Å². The van der Waals surface area contributed by atoms with Gasteiger partial charge in [0, 0.05) is 25.0 Å². The zero-order valence-electron chi connectivity index (χ0n) is 11.6. The van der Waals surface area contributed by atoms with E-state index in [1.807, 2.05) is 6.92 Å². The van der Waals surface area contributed by atoms with Gasteiger partial charge in [0.1, 0.15) is 0 Å². The number of hydrogen-bond donors (Lipinski definition) is 1. The molecule has 0 bridgehead atoms. The topological polar surface area (TPSA) is 101 Å². The first-order valence-electron chi connectivity index (χ1n) is 6.76. The molecular weight excluding hydrogens is 274 g/mol. The number of aromatic nitrogens is 4. The molecule has 1 atom stereocenters. The molecule has 0 saturated carbocycles. The zero-order chi connectivity index (χ0) is 15.0. The van der Waals surface area contributed by atoms with Crippen molar-refractivity contribution >= 4 is 17.7 Å². The number of aryl methyl sites for hydroxylation is 1. The van der Waals surface area contributed by atoms with Crippen molar-refractivity contribution in [1.82, 2.24) is 24.5 Å². The Balaban J connectivity index is 1.86. The van der Waals surface area contributed by atoms with Crippen LogP contribution in [0.4, 0.5) is 0 Å². The molecule has 0 aromatic carbocycles. The third kappa shape index (κ3) is 2.44. The maximum absolute atomic E-state index is 12.4. The summed E-state index contributed by atoms with van der Waals surface area (Å²) in [5.74, 6) is -1.30. The Morgan fingerprint density at radius 2 is 2.24 bits per heavy atom. The Morgan fingerprint density at radius 3 is 2.95 bits per heavy atom. The van der Waals surface area contributed by atoms with Gasteiger partial charge in [0.15, 0.2) is 0 Å². The zero-order valence-corrected chi connectivity index (χ0v) is 11.6. The van der Waals surface area contributed by atoms with Crippen molar-refractivity contribution in [3.8, 4) is 0 Å². The average Bonchev–Trinajstić information content (AvgIpc) is 2.92. The van der Waals surface area contributed by atoms with Crippen LogP contribution in [0.5, 0.6) is 0 Å². The minimum Gasteiger partial charge on any atom is -0.481 e. The third-order valence-electron chi connectivity index (χ3n) is 3.68. The predicted octanol–water partition coefficient (Wildman–Crippen LogP) is 0.370. The number of likely N-dealkylation sites (tertiary alicyclic amines) is 1. The number of hydrogen-bond acceptors (Lipinski definition) is 5. The van der Waals surface area contributed by atoms with Gasteiger partial charge in [-0.15, -0.1) is 5.10 Å². The first-order valence-corrected chi connectivity index (χ1v) is 6.76. The second-order valence-corrected chi connectivity index (χ2v) is 5.16. The number of piperidine rings is 1. The van der Waals surface area contributed by atoms with Gasteiger partial charge in [0.25, 0.3) is 11.7 Å². The van der Waals surface area contributed by atoms with E-state index in [4.69, 9.17) is 5.11 Å². The van der Waals surface area contributed by atoms with E-state index in [0.29, 0.717) is 25.2 Å². The highest BCUT2D eigenvalue weighted by Gasteiger charge is 2.30. The standard InChI is InChI=1S/C13H15N5O3/c1-8-4-5-14-13-15-10(16-18(8)13)11(19)17-6-2-3-9(7-17)12(20)21/h4-5,9H,2-3,6-7H2,1H3,(H,20,21)/t9-/m0/s1. The molecule has 0 spiro atoms. The van der Waals surface area contributed by atoms with E-state index in [9.17, 15) is 9.59 Å². The summed E-state index contributed by atoms with van der Waals surface area (Å²) in [6.07, 6.45) is 2.88. The van der Waals surface area contributed by atoms with Crippen LogP contribution in [0.1, 0.15) is 29.2 Å². The lowest BCUT2D eigenvalue weighted by Gasteiger charge is -2.29. The molecule has 1 aliphatic rings. The maximum Gasteiger partial charge on any atom is 0.308 e. The lowest BCUT2D eigenvalue weighted by molar-refractivity contribution is -0.143. The third-order valence-corrected chi connectivity index (χ3v) is 3.68. The smallest absolute Gasteiger partial charge is 0.308 e. The van der Waals surface area contributed by atoms with Crippen molar-refractivity contribution in [2.24, 2.45) is 5.92 Å². The Kier molecular flexibility index (Phi) is 3.28. The van der Waals surface area contributed by atoms with E-state index >= 15 is 0 Å². The van der Waals surface area contributed by atoms with Gasteiger partial charge in [-0.2, -0.15) is 4.98 Å². The van der Waals surface area contributed by atoms with Crippen molar-refractivity contribution in [2.75, 3.05) is 13.1 Å². The molecule has 3 heterocycles. The van der Waals surface area contributed by atoms with Crippen molar-refractivity contribution < 1.29 is 14.7 Å². The van der Waals surface area contributed by atoms with Gasteiger partial charge in [-0.05, 0) is 25.8 Å². The van der Waals surface area contributed by atoms with Crippen LogP contribution in [0.15, 0.2) is 12.3 Å². The van der Waals surface area contributed by atoms with Crippen molar-refractivity contribution in [2.45, 2.75) is 19.8 Å². The first kappa shape index (κ1) is 13.5. The van der Waals surface area contributed by atoms with Crippen LogP contribution in [0.25, 0.3) is 5.78 Å². The summed E-state index contributed by atoms with van der Waals surface area (Å²) < 4.78 is 1.51. The number of carbonyl (C=O) groups excluding carboxylic acids is 1. The minimum absolute atomic E-state index is 0.0582. The van der Waals surface area contributed by atoms with Crippen molar-refractivity contribution in [1.29, 1.82) is 0 Å². The molecule has 0 unspecified atom stereocenters. The summed E-state index contributed by atoms with van der Waals surface area (Å²) in [5, 5.41) is 13.2. The fourth-order valence-electron chi connectivity index (χ4n) is 2.50. The van der Waals surface area contributed by atoms with Gasteiger partial charge in [0.2, 0.25) is 5.82 Å². The molecule has 2 aromatic heterocycles. The fourth-order valence-corrected chi connectivity index (χ4v) is 2.50. The molecule has 0 radical (unpaired) electrons. The Morgan fingerprint density at radius 1 is 1.43 bits per heavy atom. The van der Waals surface area contributed by atoms with E-state index in [1.165, 1.54) is 9.42 Å². The molecule has 0 aliphatic carbocycles. The number of aliphatic carboxylic acids is 1. The minimum atomic E-state index is -0.868. The number of rotatable bonds is 2. The van der Waals surface area contributed by atoms with E-state index in [1.54, 1.807) is 12.3 Å². The highest BCUT2D eigenvalue weighted by atomic mass is 16.4. The SMILES string of the molecule is Cc1ccnc2nc(C(=O)N3CCC[C@H](C(=O)O)C3)nn12. The highest BCUT2D eigenvalue weighted by Crippen LogP contribution is 2.18. The largest absolute Gasteiger partial charge is 0.481 e. The quantitative estimate of drug-likeness (QED) is 0.857. The van der Waals surface area contributed by atoms with Gasteiger partial charge in [-0.25, -0.2) is 9.50 Å². The lowest BCUT2D eigenvalue weighted by Crippen LogP contribution is -2.42. The monoisotopic (exact) mass is 289 g/mol. The number of carboxylic acids is 1. The van der Waals surface area contributed by atoms with Crippen LogP contribution in [0.3, 0.4) is 0 Å². The van der Waals surface area contributed by atoms with Crippen molar-refractivity contribution in [3.63, 3.8) is 0 Å². The van der Waals surface area contributed by atoms with Crippen LogP contribution in [0, 0.1) is 12.8 Å². The maximum atomic E-state index is 12.4. The van der Waals surface area contributed by atoms with Crippen molar-refractivity contribution in [3.05, 3.63) is 23.8 Å². The molecule has 1 fully saturated rings. The fraction of sp³-hybridized carbons (Fsp3) is 0.462. The molecule has 2 aromatic rings. The molecular formula is C13H15N5O3. The Hall–Kier alpha value is -2.51. The van der Waals surface area contributed by atoms with Gasteiger partial charge in [0.05, 0.1) is 5.92 Å². The number of carbonyl (C=O) groups is 2. The normalized spacial score (nSPS) is 18.9. The number of nitrogens with zero attached hydrogens (tertiary/aromatic N) is 5. The van der Waals surface area contributed by atoms with E-state index < -0.39 is 11.9 Å². The average molecular weight is 289 g/mol. The molecule has 1 aliphatic heterocycles. The highest BCUT2D eigenvalue weighted by molar-refractivity contribution is 5.91. The van der Waals surface area contributed by atoms with Gasteiger partial charge in [-0.1, -0.05) is 0 Å². The van der Waals surface area contributed by atoms with Crippen LogP contribution >= 0.6 is 0 Å². The molecule has 110 valence electrons. The summed E-state index contributed by atoms with van der Waals surface area (Å²) >= 11 is 0. The number of fused-ring (bicyclic) bond motifs is 1. The van der Waals surface area contributed by atoms with Crippen LogP contribution in [-0.2, 0) is 4.79 Å². The van der Waals surface area contributed by atoms with Gasteiger partial charge < -0.3 is 10.0 Å². The molecule has 8 heteroatoms. The number of carboxylic acid groups (broad SMARTS) is 1. The second-order valence-electron chi connectivity index (χ2n) is 5.16. The van der Waals surface area contributed by atoms with Crippen LogP contribution in [0.2, 0.25) is 0 Å². The Labute approximate surface area is 120 Å². The van der Waals surface area contributed by atoms with Crippen LogP contribution in [-0.4, -0.2) is 54.6 Å². The van der Waals surface area contributed by atoms with Gasteiger partial charge in [-0.3, -0.25) is 9.59 Å². The summed E-state index contributed by atoms with van der Waals surface area (Å²) in [4.78, 5) is 33.2. The first-order chi connectivity index (χ1) is 10.1. The molecule has 1 saturated heterocycles. The molecule has 21 heavy (non-hydrogen) atoms. The van der Waals surface area contributed by atoms with E-state index in [-0.39, 0.29) is 18.3 Å². The summed E-state index contributed by atoms with van der Waals surface area (Å²) in [7, 11) is 0. The predicted molar refractivity (Wildman–Crippen MR) is 71.8 cm³/mol. The summed E-state index contributed by atoms with van der Waals surface area (Å²) in [6.45, 7) is 2.58.